The van der Waals surface area contributed by atoms with Gasteiger partial charge in [-0.2, -0.15) is 5.10 Å². The molecule has 2 aromatic heterocycles. The number of anilines is 1. The fourth-order valence-corrected chi connectivity index (χ4v) is 3.45. The zero-order valence-electron chi connectivity index (χ0n) is 14.1. The van der Waals surface area contributed by atoms with Crippen molar-refractivity contribution >= 4 is 29.4 Å². The number of hydrogen-bond donors (Lipinski definition) is 2. The minimum Gasteiger partial charge on any atom is -0.353 e. The first-order valence-electron chi connectivity index (χ1n) is 8.52. The normalized spacial score (nSPS) is 20.3. The molecule has 138 valence electrons. The number of piperazine rings is 1. The summed E-state index contributed by atoms with van der Waals surface area (Å²) in [5.41, 5.74) is 0. The summed E-state index contributed by atoms with van der Waals surface area (Å²) >= 11 is 5.93. The lowest BCUT2D eigenvalue weighted by atomic mass is 10.2. The fraction of sp³-hybridized carbons (Fsp3) is 0.533. The van der Waals surface area contributed by atoms with Crippen LogP contribution in [0, 0.1) is 0 Å². The highest BCUT2D eigenvalue weighted by atomic mass is 35.5. The maximum atomic E-state index is 11.8. The predicted molar refractivity (Wildman–Crippen MR) is 92.6 cm³/mol. The van der Waals surface area contributed by atoms with Crippen molar-refractivity contribution in [3.05, 3.63) is 23.2 Å². The Morgan fingerprint density at radius 3 is 2.81 bits per heavy atom. The molecule has 1 atom stereocenters. The molecule has 2 aliphatic heterocycles. The molecule has 2 aliphatic rings. The van der Waals surface area contributed by atoms with Gasteiger partial charge in [-0.1, -0.05) is 11.6 Å². The van der Waals surface area contributed by atoms with Gasteiger partial charge in [-0.25, -0.2) is 0 Å². The van der Waals surface area contributed by atoms with Gasteiger partial charge in [0.1, 0.15) is 0 Å². The van der Waals surface area contributed by atoms with Crippen LogP contribution in [-0.2, 0) is 22.7 Å². The van der Waals surface area contributed by atoms with Crippen LogP contribution in [0.15, 0.2) is 12.4 Å². The average molecular weight is 379 g/mol. The number of halogens is 1. The van der Waals surface area contributed by atoms with Crippen LogP contribution in [0.4, 0.5) is 5.95 Å². The van der Waals surface area contributed by atoms with E-state index in [0.717, 1.165) is 0 Å². The molecule has 2 aromatic rings. The van der Waals surface area contributed by atoms with E-state index in [0.29, 0.717) is 55.8 Å². The van der Waals surface area contributed by atoms with Gasteiger partial charge in [0.2, 0.25) is 17.8 Å². The molecule has 0 saturated carbocycles. The van der Waals surface area contributed by atoms with Gasteiger partial charge in [0.15, 0.2) is 5.82 Å². The highest BCUT2D eigenvalue weighted by Gasteiger charge is 2.30. The summed E-state index contributed by atoms with van der Waals surface area (Å²) in [6.45, 7) is 2.60. The number of carbonyl (C=O) groups is 2. The third kappa shape index (κ3) is 3.36. The average Bonchev–Trinajstić information content (AvgIpc) is 3.32. The Kier molecular flexibility index (Phi) is 4.49. The van der Waals surface area contributed by atoms with E-state index in [4.69, 9.17) is 11.6 Å². The zero-order chi connectivity index (χ0) is 18.1. The minimum atomic E-state index is -0.163. The monoisotopic (exact) mass is 378 g/mol. The molecule has 0 aromatic carbocycles. The summed E-state index contributed by atoms with van der Waals surface area (Å²) in [5, 5.41) is 19.1. The summed E-state index contributed by atoms with van der Waals surface area (Å²) in [6.07, 6.45) is 4.50. The summed E-state index contributed by atoms with van der Waals surface area (Å²) < 4.78 is 3.70. The summed E-state index contributed by atoms with van der Waals surface area (Å²) in [4.78, 5) is 25.3. The molecule has 4 heterocycles. The quantitative estimate of drug-likeness (QED) is 0.740. The van der Waals surface area contributed by atoms with Crippen molar-refractivity contribution in [3.63, 3.8) is 0 Å². The van der Waals surface area contributed by atoms with Crippen LogP contribution in [0.3, 0.4) is 0 Å². The van der Waals surface area contributed by atoms with Crippen LogP contribution in [-0.4, -0.2) is 56.0 Å². The second kappa shape index (κ2) is 6.94. The number of nitrogens with one attached hydrogen (secondary N) is 2. The Morgan fingerprint density at radius 1 is 1.23 bits per heavy atom. The number of aromatic nitrogens is 5. The van der Waals surface area contributed by atoms with Crippen molar-refractivity contribution < 1.29 is 9.59 Å². The van der Waals surface area contributed by atoms with Crippen LogP contribution < -0.4 is 15.5 Å². The number of rotatable bonds is 5. The van der Waals surface area contributed by atoms with Gasteiger partial charge in [-0.15, -0.1) is 10.2 Å². The smallest absolute Gasteiger partial charge is 0.239 e. The molecule has 0 aliphatic carbocycles. The van der Waals surface area contributed by atoms with E-state index in [1.165, 1.54) is 0 Å². The molecule has 2 N–H and O–H groups in total. The van der Waals surface area contributed by atoms with Gasteiger partial charge in [-0.3, -0.25) is 18.8 Å². The maximum absolute atomic E-state index is 11.8. The molecule has 11 heteroatoms. The van der Waals surface area contributed by atoms with Crippen molar-refractivity contribution in [3.8, 4) is 0 Å². The van der Waals surface area contributed by atoms with E-state index in [2.05, 4.69) is 25.9 Å². The van der Waals surface area contributed by atoms with Gasteiger partial charge in [0.05, 0.1) is 30.4 Å². The van der Waals surface area contributed by atoms with Crippen molar-refractivity contribution in [2.75, 3.05) is 24.5 Å². The molecule has 1 unspecified atom stereocenters. The van der Waals surface area contributed by atoms with Crippen molar-refractivity contribution in [2.24, 2.45) is 0 Å². The molecule has 2 amide bonds. The molecule has 4 rings (SSSR count). The van der Waals surface area contributed by atoms with Gasteiger partial charge < -0.3 is 15.5 Å². The molecule has 2 fully saturated rings. The first-order chi connectivity index (χ1) is 12.6. The lowest BCUT2D eigenvalue weighted by molar-refractivity contribution is -0.120. The molecule has 0 radical (unpaired) electrons. The Balaban J connectivity index is 1.61. The third-order valence-corrected chi connectivity index (χ3v) is 4.74. The Bertz CT molecular complexity index is 831. The summed E-state index contributed by atoms with van der Waals surface area (Å²) in [7, 11) is 0. The van der Waals surface area contributed by atoms with E-state index >= 15 is 0 Å². The number of nitrogens with zero attached hydrogens (tertiary/aromatic N) is 6. The Labute approximate surface area is 154 Å². The summed E-state index contributed by atoms with van der Waals surface area (Å²) in [6, 6.07) is -0.163. The van der Waals surface area contributed by atoms with E-state index in [1.54, 1.807) is 17.1 Å². The lowest BCUT2D eigenvalue weighted by Crippen LogP contribution is -2.48. The van der Waals surface area contributed by atoms with E-state index in [9.17, 15) is 9.59 Å². The maximum Gasteiger partial charge on any atom is 0.239 e. The van der Waals surface area contributed by atoms with Crippen molar-refractivity contribution in [1.29, 1.82) is 0 Å². The second-order valence-electron chi connectivity index (χ2n) is 6.36. The number of amides is 2. The number of aryl methyl sites for hydroxylation is 1. The van der Waals surface area contributed by atoms with Gasteiger partial charge in [0, 0.05) is 32.3 Å². The summed E-state index contributed by atoms with van der Waals surface area (Å²) in [5.74, 6) is 1.31. The topological polar surface area (TPSA) is 110 Å². The van der Waals surface area contributed by atoms with Crippen LogP contribution >= 0.6 is 11.6 Å². The predicted octanol–water partition coefficient (Wildman–Crippen LogP) is -0.284. The number of carbonyl (C=O) groups excluding carboxylic acids is 2. The molecule has 2 saturated heterocycles. The van der Waals surface area contributed by atoms with Crippen LogP contribution in [0.5, 0.6) is 0 Å². The minimum absolute atomic E-state index is 0.0160. The molecule has 0 bridgehead atoms. The first kappa shape index (κ1) is 16.8. The zero-order valence-corrected chi connectivity index (χ0v) is 14.8. The van der Waals surface area contributed by atoms with Crippen LogP contribution in [0.2, 0.25) is 5.02 Å². The largest absolute Gasteiger partial charge is 0.353 e. The lowest BCUT2D eigenvalue weighted by Gasteiger charge is -2.28. The highest BCUT2D eigenvalue weighted by molar-refractivity contribution is 6.30. The molecular formula is C15H19ClN8O2. The molecular weight excluding hydrogens is 360 g/mol. The molecule has 0 spiro atoms. The standard InChI is InChI=1S/C15H19ClN8O2/c16-10-7-18-23(8-10)5-6-24-14(11-1-2-12(25)19-11)20-21-15(24)22-4-3-17-13(26)9-22/h7-8,11H,1-6,9H2,(H,17,26)(H,19,25). The van der Waals surface area contributed by atoms with E-state index in [-0.39, 0.29) is 24.4 Å². The van der Waals surface area contributed by atoms with Crippen molar-refractivity contribution in [2.45, 2.75) is 32.0 Å². The second-order valence-corrected chi connectivity index (χ2v) is 6.80. The third-order valence-electron chi connectivity index (χ3n) is 4.54. The van der Waals surface area contributed by atoms with Gasteiger partial charge in [0.25, 0.3) is 0 Å². The fourth-order valence-electron chi connectivity index (χ4n) is 3.29. The van der Waals surface area contributed by atoms with E-state index in [1.807, 2.05) is 9.47 Å². The first-order valence-corrected chi connectivity index (χ1v) is 8.90. The molecule has 26 heavy (non-hydrogen) atoms. The van der Waals surface area contributed by atoms with Crippen LogP contribution in [0.1, 0.15) is 24.7 Å². The molecule has 10 nitrogen and oxygen atoms in total. The number of hydrogen-bond acceptors (Lipinski definition) is 6. The van der Waals surface area contributed by atoms with E-state index < -0.39 is 0 Å². The van der Waals surface area contributed by atoms with Gasteiger partial charge in [-0.05, 0) is 6.42 Å². The Hall–Kier alpha value is -2.62. The SMILES string of the molecule is O=C1CN(c2nnc(C3CCC(=O)N3)n2CCn2cc(Cl)cn2)CCN1. The van der Waals surface area contributed by atoms with Crippen LogP contribution in [0.25, 0.3) is 0 Å². The highest BCUT2D eigenvalue weighted by Crippen LogP contribution is 2.26. The van der Waals surface area contributed by atoms with Gasteiger partial charge >= 0.3 is 0 Å². The Morgan fingerprint density at radius 2 is 2.12 bits per heavy atom. The van der Waals surface area contributed by atoms with Crippen molar-refractivity contribution in [1.82, 2.24) is 35.2 Å².